The zero-order chi connectivity index (χ0) is 23.2. The van der Waals surface area contributed by atoms with Crippen LogP contribution in [0.1, 0.15) is 80.1 Å². The second kappa shape index (κ2) is 8.61. The lowest BCUT2D eigenvalue weighted by atomic mass is 9.72. The molecule has 8 heteroatoms. The quantitative estimate of drug-likeness (QED) is 0.657. The Kier molecular flexibility index (Phi) is 6.18. The first-order valence-corrected chi connectivity index (χ1v) is 12.5. The molecule has 3 N–H and O–H groups in total. The van der Waals surface area contributed by atoms with Crippen LogP contribution in [-0.2, 0) is 27.2 Å². The van der Waals surface area contributed by atoms with Gasteiger partial charge >= 0.3 is 0 Å². The number of carbonyl (C=O) groups is 4. The van der Waals surface area contributed by atoms with Gasteiger partial charge in [0.05, 0.1) is 17.4 Å². The molecule has 1 aliphatic heterocycles. The van der Waals surface area contributed by atoms with Gasteiger partial charge in [0.2, 0.25) is 17.7 Å². The molecular weight excluding hydrogens is 426 g/mol. The number of rotatable bonds is 5. The number of nitrogens with one attached hydrogen (secondary N) is 1. The molecule has 1 aromatic heterocycles. The summed E-state index contributed by atoms with van der Waals surface area (Å²) in [6, 6.07) is 0. The lowest BCUT2D eigenvalue weighted by Gasteiger charge is -2.33. The number of nitrogens with zero attached hydrogens (tertiary/aromatic N) is 1. The molecule has 0 unspecified atom stereocenters. The molecule has 1 aromatic rings. The number of hydrogen-bond acceptors (Lipinski definition) is 5. The maximum absolute atomic E-state index is 12.7. The van der Waals surface area contributed by atoms with E-state index in [1.54, 1.807) is 0 Å². The summed E-state index contributed by atoms with van der Waals surface area (Å²) in [5, 5.41) is 3.34. The van der Waals surface area contributed by atoms with Crippen molar-refractivity contribution in [3.63, 3.8) is 0 Å². The Bertz CT molecular complexity index is 937. The summed E-state index contributed by atoms with van der Waals surface area (Å²) in [5.74, 6) is -1.01. The zero-order valence-corrected chi connectivity index (χ0v) is 20.0. The number of nitrogens with two attached hydrogens (primary N) is 1. The van der Waals surface area contributed by atoms with Gasteiger partial charge in [-0.3, -0.25) is 24.1 Å². The zero-order valence-electron chi connectivity index (χ0n) is 19.2. The standard InChI is InChI=1S/C24H33N3O4S/c1-24(2,3)13-8-9-16-17(12-13)32-21(19(16)20(25)29)26-18(28)10-11-27-22(30)14-6-4-5-7-15(14)23(27)31/h13-15H,4-12H2,1-3H3,(H2,25,29)(H,26,28)/t13-,14-,15-/m0/s1. The number of hydrogen-bond donors (Lipinski definition) is 2. The minimum absolute atomic E-state index is 0.0162. The Balaban J connectivity index is 1.44. The maximum Gasteiger partial charge on any atom is 0.251 e. The van der Waals surface area contributed by atoms with Crippen LogP contribution in [-0.4, -0.2) is 35.1 Å². The highest BCUT2D eigenvalue weighted by Crippen LogP contribution is 2.44. The molecule has 2 aliphatic carbocycles. The van der Waals surface area contributed by atoms with Crippen molar-refractivity contribution < 1.29 is 19.2 Å². The molecule has 1 saturated carbocycles. The molecule has 32 heavy (non-hydrogen) atoms. The van der Waals surface area contributed by atoms with Crippen molar-refractivity contribution in [3.8, 4) is 0 Å². The van der Waals surface area contributed by atoms with Crippen LogP contribution in [0.4, 0.5) is 5.00 Å². The fourth-order valence-corrected chi connectivity index (χ4v) is 6.88. The Morgan fingerprint density at radius 2 is 1.72 bits per heavy atom. The third-order valence-electron chi connectivity index (χ3n) is 7.48. The van der Waals surface area contributed by atoms with Crippen molar-refractivity contribution in [3.05, 3.63) is 16.0 Å². The molecule has 7 nitrogen and oxygen atoms in total. The van der Waals surface area contributed by atoms with Crippen LogP contribution in [0.25, 0.3) is 0 Å². The Hall–Kier alpha value is -2.22. The number of fused-ring (bicyclic) bond motifs is 2. The second-order valence-electron chi connectivity index (χ2n) is 10.5. The number of amides is 4. The van der Waals surface area contributed by atoms with E-state index in [4.69, 9.17) is 5.73 Å². The third-order valence-corrected chi connectivity index (χ3v) is 8.65. The first-order valence-electron chi connectivity index (χ1n) is 11.7. The molecule has 2 heterocycles. The molecule has 4 amide bonds. The highest BCUT2D eigenvalue weighted by molar-refractivity contribution is 7.17. The molecule has 3 aliphatic rings. The van der Waals surface area contributed by atoms with E-state index in [2.05, 4.69) is 26.1 Å². The van der Waals surface area contributed by atoms with Crippen molar-refractivity contribution in [2.24, 2.45) is 28.9 Å². The van der Waals surface area contributed by atoms with Gasteiger partial charge in [-0.15, -0.1) is 11.3 Å². The van der Waals surface area contributed by atoms with Gasteiger partial charge in [-0.05, 0) is 49.0 Å². The predicted molar refractivity (Wildman–Crippen MR) is 123 cm³/mol. The van der Waals surface area contributed by atoms with Gasteiger partial charge < -0.3 is 11.1 Å². The number of anilines is 1. The van der Waals surface area contributed by atoms with Crippen molar-refractivity contribution in [1.29, 1.82) is 0 Å². The lowest BCUT2D eigenvalue weighted by Crippen LogP contribution is -2.34. The average Bonchev–Trinajstić information content (AvgIpc) is 3.20. The number of primary amides is 1. The van der Waals surface area contributed by atoms with Crippen molar-refractivity contribution in [2.45, 2.75) is 72.1 Å². The van der Waals surface area contributed by atoms with Gasteiger partial charge in [-0.1, -0.05) is 33.6 Å². The number of thiophene rings is 1. The maximum atomic E-state index is 12.7. The number of carbonyl (C=O) groups excluding carboxylic acids is 4. The molecule has 0 radical (unpaired) electrons. The molecule has 1 saturated heterocycles. The molecule has 174 valence electrons. The second-order valence-corrected chi connectivity index (χ2v) is 11.6. The Morgan fingerprint density at radius 3 is 2.28 bits per heavy atom. The summed E-state index contributed by atoms with van der Waals surface area (Å²) < 4.78 is 0. The molecule has 3 atom stereocenters. The van der Waals surface area contributed by atoms with E-state index in [1.807, 2.05) is 0 Å². The van der Waals surface area contributed by atoms with Crippen LogP contribution >= 0.6 is 11.3 Å². The molecular formula is C24H33N3O4S. The highest BCUT2D eigenvalue weighted by Gasteiger charge is 2.47. The highest BCUT2D eigenvalue weighted by atomic mass is 32.1. The largest absolute Gasteiger partial charge is 0.365 e. The van der Waals surface area contributed by atoms with E-state index >= 15 is 0 Å². The van der Waals surface area contributed by atoms with Crippen LogP contribution in [0.3, 0.4) is 0 Å². The minimum atomic E-state index is -0.527. The molecule has 4 rings (SSSR count). The van der Waals surface area contributed by atoms with Gasteiger partial charge in [-0.25, -0.2) is 0 Å². The summed E-state index contributed by atoms with van der Waals surface area (Å²) in [6.45, 7) is 6.76. The summed E-state index contributed by atoms with van der Waals surface area (Å²) >= 11 is 1.43. The minimum Gasteiger partial charge on any atom is -0.365 e. The topological polar surface area (TPSA) is 110 Å². The van der Waals surface area contributed by atoms with Crippen molar-refractivity contribution in [2.75, 3.05) is 11.9 Å². The van der Waals surface area contributed by atoms with E-state index in [9.17, 15) is 19.2 Å². The van der Waals surface area contributed by atoms with E-state index in [1.165, 1.54) is 16.2 Å². The van der Waals surface area contributed by atoms with E-state index in [0.717, 1.165) is 55.4 Å². The van der Waals surface area contributed by atoms with Crippen molar-refractivity contribution in [1.82, 2.24) is 4.90 Å². The third kappa shape index (κ3) is 4.21. The lowest BCUT2D eigenvalue weighted by molar-refractivity contribution is -0.140. The first kappa shape index (κ1) is 23.0. The monoisotopic (exact) mass is 459 g/mol. The van der Waals surface area contributed by atoms with Crippen LogP contribution < -0.4 is 11.1 Å². The van der Waals surface area contributed by atoms with E-state index < -0.39 is 5.91 Å². The summed E-state index contributed by atoms with van der Waals surface area (Å²) in [5.41, 5.74) is 7.23. The summed E-state index contributed by atoms with van der Waals surface area (Å²) in [6.07, 6.45) is 6.13. The van der Waals surface area contributed by atoms with E-state index in [0.29, 0.717) is 16.5 Å². The molecule has 0 spiro atoms. The van der Waals surface area contributed by atoms with Crippen LogP contribution in [0.5, 0.6) is 0 Å². The fraction of sp³-hybridized carbons (Fsp3) is 0.667. The first-order chi connectivity index (χ1) is 15.1. The Morgan fingerprint density at radius 1 is 1.09 bits per heavy atom. The van der Waals surface area contributed by atoms with Gasteiger partial charge in [0.25, 0.3) is 5.91 Å². The smallest absolute Gasteiger partial charge is 0.251 e. The van der Waals surface area contributed by atoms with Crippen LogP contribution in [0.15, 0.2) is 0 Å². The Labute approximate surface area is 193 Å². The summed E-state index contributed by atoms with van der Waals surface area (Å²) in [4.78, 5) is 52.5. The van der Waals surface area contributed by atoms with E-state index in [-0.39, 0.29) is 47.9 Å². The van der Waals surface area contributed by atoms with Gasteiger partial charge in [-0.2, -0.15) is 0 Å². The van der Waals surface area contributed by atoms with Crippen molar-refractivity contribution >= 4 is 40.0 Å². The predicted octanol–water partition coefficient (Wildman–Crippen LogP) is 3.50. The summed E-state index contributed by atoms with van der Waals surface area (Å²) in [7, 11) is 0. The van der Waals surface area contributed by atoms with Gasteiger partial charge in [0.15, 0.2) is 0 Å². The number of imide groups is 1. The normalized spacial score (nSPS) is 25.5. The fourth-order valence-electron chi connectivity index (χ4n) is 5.53. The van der Waals surface area contributed by atoms with Gasteiger partial charge in [0, 0.05) is 17.8 Å². The van der Waals surface area contributed by atoms with Crippen LogP contribution in [0, 0.1) is 23.2 Å². The SMILES string of the molecule is CC(C)(C)[C@H]1CCc2c(sc(NC(=O)CCN3C(=O)[C@H]4CCCC[C@@H]4C3=O)c2C(N)=O)C1. The van der Waals surface area contributed by atoms with Gasteiger partial charge in [0.1, 0.15) is 5.00 Å². The molecule has 0 bridgehead atoms. The number of likely N-dealkylation sites (tertiary alicyclic amines) is 1. The van der Waals surface area contributed by atoms with Crippen LogP contribution in [0.2, 0.25) is 0 Å². The average molecular weight is 460 g/mol. The molecule has 0 aromatic carbocycles. The molecule has 2 fully saturated rings.